The Morgan fingerprint density at radius 1 is 0.700 bits per heavy atom. The maximum Gasteiger partial charge on any atom is 0.304 e. The van der Waals surface area contributed by atoms with Crippen molar-refractivity contribution in [1.82, 2.24) is 10.2 Å². The number of likely N-dealkylation sites (N-methyl/N-ethyl adjacent to an activating group) is 1. The minimum atomic E-state index is -0.202. The van der Waals surface area contributed by atoms with Crippen LogP contribution in [0.2, 0.25) is 0 Å². The van der Waals surface area contributed by atoms with Crippen LogP contribution in [0.5, 0.6) is 0 Å². The van der Waals surface area contributed by atoms with Crippen molar-refractivity contribution in [2.24, 2.45) is 0 Å². The molecule has 0 aromatic carbocycles. The van der Waals surface area contributed by atoms with E-state index < -0.39 is 0 Å². The molecule has 180 valence electrons. The number of hydrogen-bond donors (Lipinski definition) is 1. The molecule has 0 aliphatic heterocycles. The van der Waals surface area contributed by atoms with E-state index in [-0.39, 0.29) is 12.2 Å². The fourth-order valence-electron chi connectivity index (χ4n) is 4.00. The number of carbonyl (C=O) groups excluding carboxylic acids is 1. The van der Waals surface area contributed by atoms with Crippen LogP contribution in [-0.4, -0.2) is 43.3 Å². The first-order valence-corrected chi connectivity index (χ1v) is 13.3. The molecule has 0 heterocycles. The monoisotopic (exact) mass is 426 g/mol. The molecule has 0 rings (SSSR count). The van der Waals surface area contributed by atoms with Gasteiger partial charge in [0.2, 0.25) is 0 Å². The molecule has 0 spiro atoms. The molecule has 0 saturated heterocycles. The minimum absolute atomic E-state index is 0.182. The second-order valence-corrected chi connectivity index (χ2v) is 8.84. The fourth-order valence-corrected chi connectivity index (χ4v) is 4.00. The Labute approximate surface area is 188 Å². The third-order valence-corrected chi connectivity index (χ3v) is 6.03. The number of unbranched alkanes of at least 4 members (excludes halogenated alkanes) is 15. The number of nitrogens with zero attached hydrogens (tertiary/aromatic N) is 1. The lowest BCUT2D eigenvalue weighted by Crippen LogP contribution is -2.44. The largest absolute Gasteiger partial charge is 0.445 e. The predicted molar refractivity (Wildman–Crippen MR) is 131 cm³/mol. The standard InChI is InChI=1S/C26H54N2O2/c1-5-8-9-10-11-12-13-14-15-16-17-18-19-20-21-22-23-27-26(30-25(4)29)24-28(6-2)7-3/h26-27H,5-24H2,1-4H3. The van der Waals surface area contributed by atoms with Gasteiger partial charge in [0.25, 0.3) is 0 Å². The Hall–Kier alpha value is -0.610. The molecule has 0 radical (unpaired) electrons. The van der Waals surface area contributed by atoms with E-state index in [0.717, 1.165) is 32.6 Å². The molecule has 0 bridgehead atoms. The first-order chi connectivity index (χ1) is 14.6. The summed E-state index contributed by atoms with van der Waals surface area (Å²) in [6, 6.07) is 0. The molecule has 1 N–H and O–H groups in total. The van der Waals surface area contributed by atoms with Crippen LogP contribution in [0.25, 0.3) is 0 Å². The number of carbonyl (C=O) groups is 1. The summed E-state index contributed by atoms with van der Waals surface area (Å²) in [7, 11) is 0. The Bertz CT molecular complexity index is 359. The zero-order chi connectivity index (χ0) is 22.3. The highest BCUT2D eigenvalue weighted by molar-refractivity contribution is 5.66. The van der Waals surface area contributed by atoms with Crippen molar-refractivity contribution in [3.05, 3.63) is 0 Å². The van der Waals surface area contributed by atoms with Crippen molar-refractivity contribution in [1.29, 1.82) is 0 Å². The fraction of sp³-hybridized carbons (Fsp3) is 0.962. The maximum atomic E-state index is 11.3. The highest BCUT2D eigenvalue weighted by Crippen LogP contribution is 2.13. The van der Waals surface area contributed by atoms with E-state index in [1.54, 1.807) is 0 Å². The Balaban J connectivity index is 3.44. The number of ether oxygens (including phenoxy) is 1. The highest BCUT2D eigenvalue weighted by Gasteiger charge is 2.14. The van der Waals surface area contributed by atoms with Gasteiger partial charge in [-0.15, -0.1) is 0 Å². The van der Waals surface area contributed by atoms with Gasteiger partial charge in [-0.05, 0) is 26.1 Å². The number of rotatable bonds is 23. The minimum Gasteiger partial charge on any atom is -0.445 e. The zero-order valence-electron chi connectivity index (χ0n) is 21.0. The molecule has 1 atom stereocenters. The van der Waals surface area contributed by atoms with Gasteiger partial charge in [-0.25, -0.2) is 0 Å². The maximum absolute atomic E-state index is 11.3. The quantitative estimate of drug-likeness (QED) is 0.108. The van der Waals surface area contributed by atoms with Crippen molar-refractivity contribution < 1.29 is 9.53 Å². The number of esters is 1. The Kier molecular flexibility index (Phi) is 22.6. The molecule has 0 saturated carbocycles. The summed E-state index contributed by atoms with van der Waals surface area (Å²) in [6.45, 7) is 11.7. The van der Waals surface area contributed by atoms with E-state index in [1.165, 1.54) is 103 Å². The molecular formula is C26H54N2O2. The smallest absolute Gasteiger partial charge is 0.304 e. The Morgan fingerprint density at radius 3 is 1.47 bits per heavy atom. The molecule has 30 heavy (non-hydrogen) atoms. The third-order valence-electron chi connectivity index (χ3n) is 6.03. The summed E-state index contributed by atoms with van der Waals surface area (Å²) in [4.78, 5) is 13.6. The molecule has 0 aliphatic carbocycles. The van der Waals surface area contributed by atoms with Gasteiger partial charge < -0.3 is 4.74 Å². The van der Waals surface area contributed by atoms with Crippen LogP contribution in [0.4, 0.5) is 0 Å². The van der Waals surface area contributed by atoms with Crippen molar-refractivity contribution in [2.45, 2.75) is 137 Å². The van der Waals surface area contributed by atoms with Gasteiger partial charge >= 0.3 is 5.97 Å². The topological polar surface area (TPSA) is 41.6 Å². The van der Waals surface area contributed by atoms with Crippen LogP contribution in [0.1, 0.15) is 130 Å². The molecular weight excluding hydrogens is 372 g/mol. The van der Waals surface area contributed by atoms with Crippen molar-refractivity contribution in [3.8, 4) is 0 Å². The molecule has 0 aromatic rings. The normalized spacial score (nSPS) is 12.4. The van der Waals surface area contributed by atoms with E-state index in [0.29, 0.717) is 0 Å². The van der Waals surface area contributed by atoms with Crippen LogP contribution in [0.15, 0.2) is 0 Å². The van der Waals surface area contributed by atoms with Crippen molar-refractivity contribution >= 4 is 5.97 Å². The van der Waals surface area contributed by atoms with Crippen molar-refractivity contribution in [3.63, 3.8) is 0 Å². The second kappa shape index (κ2) is 23.1. The highest BCUT2D eigenvalue weighted by atomic mass is 16.6. The van der Waals surface area contributed by atoms with E-state index in [2.05, 4.69) is 31.0 Å². The van der Waals surface area contributed by atoms with E-state index in [1.807, 2.05) is 0 Å². The van der Waals surface area contributed by atoms with Gasteiger partial charge in [0.15, 0.2) is 6.23 Å². The van der Waals surface area contributed by atoms with Gasteiger partial charge in [0.05, 0.1) is 0 Å². The van der Waals surface area contributed by atoms with Gasteiger partial charge in [-0.1, -0.05) is 117 Å². The lowest BCUT2D eigenvalue weighted by atomic mass is 10.0. The lowest BCUT2D eigenvalue weighted by Gasteiger charge is -2.25. The molecule has 0 aliphatic rings. The SMILES string of the molecule is CCCCCCCCCCCCCCCCCCNC(CN(CC)CC)OC(C)=O. The molecule has 4 nitrogen and oxygen atoms in total. The lowest BCUT2D eigenvalue weighted by molar-refractivity contribution is -0.149. The molecule has 0 amide bonds. The van der Waals surface area contributed by atoms with Crippen LogP contribution in [-0.2, 0) is 9.53 Å². The summed E-state index contributed by atoms with van der Waals surface area (Å²) < 4.78 is 5.42. The van der Waals surface area contributed by atoms with Crippen LogP contribution < -0.4 is 5.32 Å². The molecule has 0 aromatic heterocycles. The van der Waals surface area contributed by atoms with Crippen LogP contribution in [0.3, 0.4) is 0 Å². The van der Waals surface area contributed by atoms with E-state index >= 15 is 0 Å². The first kappa shape index (κ1) is 29.4. The number of nitrogens with one attached hydrogen (secondary N) is 1. The molecule has 4 heteroatoms. The van der Waals surface area contributed by atoms with Crippen molar-refractivity contribution in [2.75, 3.05) is 26.2 Å². The summed E-state index contributed by atoms with van der Waals surface area (Å²) in [5, 5.41) is 3.42. The summed E-state index contributed by atoms with van der Waals surface area (Å²) in [5.41, 5.74) is 0. The summed E-state index contributed by atoms with van der Waals surface area (Å²) in [6.07, 6.45) is 22.0. The first-order valence-electron chi connectivity index (χ1n) is 13.3. The molecule has 0 fully saturated rings. The van der Waals surface area contributed by atoms with E-state index in [9.17, 15) is 4.79 Å². The van der Waals surface area contributed by atoms with Gasteiger partial charge in [-0.2, -0.15) is 0 Å². The van der Waals surface area contributed by atoms with Gasteiger partial charge in [0.1, 0.15) is 0 Å². The summed E-state index contributed by atoms with van der Waals surface area (Å²) in [5.74, 6) is -0.202. The van der Waals surface area contributed by atoms with Gasteiger partial charge in [-0.3, -0.25) is 15.0 Å². The van der Waals surface area contributed by atoms with Crippen LogP contribution in [0, 0.1) is 0 Å². The average molecular weight is 427 g/mol. The molecule has 1 unspecified atom stereocenters. The summed E-state index contributed by atoms with van der Waals surface area (Å²) >= 11 is 0. The predicted octanol–water partition coefficient (Wildman–Crippen LogP) is 7.07. The third kappa shape index (κ3) is 20.7. The Morgan fingerprint density at radius 2 is 1.10 bits per heavy atom. The second-order valence-electron chi connectivity index (χ2n) is 8.84. The average Bonchev–Trinajstić information content (AvgIpc) is 2.73. The number of hydrogen-bond acceptors (Lipinski definition) is 4. The van der Waals surface area contributed by atoms with Crippen LogP contribution >= 0.6 is 0 Å². The van der Waals surface area contributed by atoms with E-state index in [4.69, 9.17) is 4.74 Å². The van der Waals surface area contributed by atoms with Gasteiger partial charge in [0, 0.05) is 13.5 Å². The zero-order valence-corrected chi connectivity index (χ0v) is 21.0.